The summed E-state index contributed by atoms with van der Waals surface area (Å²) in [4.78, 5) is 5.77. The number of thioether (sulfide) groups is 1. The lowest BCUT2D eigenvalue weighted by Crippen LogP contribution is -2.23. The van der Waals surface area contributed by atoms with Gasteiger partial charge in [-0.25, -0.2) is 0 Å². The lowest BCUT2D eigenvalue weighted by molar-refractivity contribution is 0.544. The number of aromatic nitrogens is 1. The number of nitrogens with zero attached hydrogens (tertiary/aromatic N) is 1. The van der Waals surface area contributed by atoms with Crippen molar-refractivity contribution in [2.24, 2.45) is 0 Å². The Bertz CT molecular complexity index is 525. The molecule has 0 saturated heterocycles. The van der Waals surface area contributed by atoms with Gasteiger partial charge in [-0.2, -0.15) is 0 Å². The minimum Gasteiger partial charge on any atom is -0.310 e. The smallest absolute Gasteiger partial charge is 0.0423 e. The van der Waals surface area contributed by atoms with Crippen molar-refractivity contribution in [3.8, 4) is 0 Å². The zero-order valence-electron chi connectivity index (χ0n) is 11.8. The molecule has 20 heavy (non-hydrogen) atoms. The Kier molecular flexibility index (Phi) is 6.07. The Morgan fingerprint density at radius 3 is 2.50 bits per heavy atom. The van der Waals surface area contributed by atoms with Gasteiger partial charge in [-0.05, 0) is 58.6 Å². The van der Waals surface area contributed by atoms with Crippen LogP contribution in [-0.2, 0) is 6.42 Å². The van der Waals surface area contributed by atoms with Crippen molar-refractivity contribution in [1.82, 2.24) is 10.3 Å². The Labute approximate surface area is 133 Å². The molecule has 1 heterocycles. The number of nitrogens with one attached hydrogen (secondary N) is 1. The Balaban J connectivity index is 2.14. The fourth-order valence-electron chi connectivity index (χ4n) is 2.13. The van der Waals surface area contributed by atoms with Crippen molar-refractivity contribution in [3.05, 3.63) is 58.3 Å². The summed E-state index contributed by atoms with van der Waals surface area (Å²) in [6.07, 6.45) is 4.86. The van der Waals surface area contributed by atoms with Gasteiger partial charge >= 0.3 is 0 Å². The molecule has 0 radical (unpaired) electrons. The molecular weight excluding hydrogens is 332 g/mol. The number of pyridine rings is 1. The van der Waals surface area contributed by atoms with E-state index in [4.69, 9.17) is 0 Å². The van der Waals surface area contributed by atoms with E-state index in [1.165, 1.54) is 10.5 Å². The molecule has 106 valence electrons. The fraction of sp³-hybridized carbons (Fsp3) is 0.312. The van der Waals surface area contributed by atoms with Gasteiger partial charge in [0.05, 0.1) is 0 Å². The van der Waals surface area contributed by atoms with Crippen LogP contribution in [0.25, 0.3) is 0 Å². The molecule has 1 N–H and O–H groups in total. The number of likely N-dealkylation sites (N-methyl/N-ethyl adjacent to an activating group) is 1. The van der Waals surface area contributed by atoms with Crippen LogP contribution in [0.4, 0.5) is 0 Å². The third kappa shape index (κ3) is 4.33. The van der Waals surface area contributed by atoms with Crippen molar-refractivity contribution in [3.63, 3.8) is 0 Å². The second-order valence-electron chi connectivity index (χ2n) is 4.56. The van der Waals surface area contributed by atoms with Crippen molar-refractivity contribution in [1.29, 1.82) is 0 Å². The molecule has 0 aliphatic carbocycles. The first kappa shape index (κ1) is 15.5. The molecule has 0 bridgehead atoms. The highest BCUT2D eigenvalue weighted by Gasteiger charge is 2.11. The zero-order valence-corrected chi connectivity index (χ0v) is 14.2. The van der Waals surface area contributed by atoms with Gasteiger partial charge in [-0.3, -0.25) is 4.98 Å². The monoisotopic (exact) mass is 350 g/mol. The Morgan fingerprint density at radius 1 is 1.20 bits per heavy atom. The molecule has 1 unspecified atom stereocenters. The summed E-state index contributed by atoms with van der Waals surface area (Å²) in [6.45, 7) is 3.09. The largest absolute Gasteiger partial charge is 0.310 e. The van der Waals surface area contributed by atoms with Gasteiger partial charge in [-0.1, -0.05) is 19.1 Å². The van der Waals surface area contributed by atoms with Gasteiger partial charge in [0.25, 0.3) is 0 Å². The minimum absolute atomic E-state index is 0.310. The normalized spacial score (nSPS) is 12.3. The van der Waals surface area contributed by atoms with Crippen LogP contribution in [0.1, 0.15) is 24.2 Å². The molecular formula is C16H19BrN2S. The van der Waals surface area contributed by atoms with Gasteiger partial charge < -0.3 is 5.32 Å². The van der Waals surface area contributed by atoms with Crippen molar-refractivity contribution in [2.75, 3.05) is 12.8 Å². The summed E-state index contributed by atoms with van der Waals surface area (Å²) >= 11 is 5.19. The number of benzene rings is 1. The summed E-state index contributed by atoms with van der Waals surface area (Å²) in [7, 11) is 0. The average molecular weight is 351 g/mol. The first-order valence-electron chi connectivity index (χ1n) is 6.70. The van der Waals surface area contributed by atoms with E-state index < -0.39 is 0 Å². The molecule has 2 nitrogen and oxygen atoms in total. The summed E-state index contributed by atoms with van der Waals surface area (Å²) < 4.78 is 1.02. The van der Waals surface area contributed by atoms with Crippen LogP contribution in [0.2, 0.25) is 0 Å². The van der Waals surface area contributed by atoms with Gasteiger partial charge in [-0.15, -0.1) is 11.8 Å². The molecule has 1 atom stereocenters. The van der Waals surface area contributed by atoms with E-state index in [-0.39, 0.29) is 0 Å². The van der Waals surface area contributed by atoms with Gasteiger partial charge in [0.15, 0.2) is 0 Å². The maximum absolute atomic E-state index is 4.47. The summed E-state index contributed by atoms with van der Waals surface area (Å²) in [5.74, 6) is 0. The zero-order chi connectivity index (χ0) is 14.4. The van der Waals surface area contributed by atoms with E-state index in [1.54, 1.807) is 11.8 Å². The molecule has 0 aliphatic rings. The Hall–Kier alpha value is -0.840. The topological polar surface area (TPSA) is 24.9 Å². The molecule has 2 aromatic rings. The van der Waals surface area contributed by atoms with E-state index >= 15 is 0 Å². The number of hydrogen-bond acceptors (Lipinski definition) is 3. The average Bonchev–Trinajstić information content (AvgIpc) is 2.49. The molecule has 1 aromatic carbocycles. The molecule has 0 amide bonds. The van der Waals surface area contributed by atoms with E-state index in [9.17, 15) is 0 Å². The van der Waals surface area contributed by atoms with Crippen LogP contribution >= 0.6 is 27.7 Å². The Morgan fingerprint density at radius 2 is 1.95 bits per heavy atom. The van der Waals surface area contributed by atoms with Gasteiger partial charge in [0.2, 0.25) is 0 Å². The summed E-state index contributed by atoms with van der Waals surface area (Å²) in [5, 5.41) is 3.54. The minimum atomic E-state index is 0.310. The highest BCUT2D eigenvalue weighted by atomic mass is 79.9. The van der Waals surface area contributed by atoms with Crippen LogP contribution in [0.15, 0.2) is 52.0 Å². The fourth-order valence-corrected chi connectivity index (χ4v) is 2.77. The lowest BCUT2D eigenvalue weighted by Gasteiger charge is -2.18. The van der Waals surface area contributed by atoms with Gasteiger partial charge in [0.1, 0.15) is 0 Å². The molecule has 0 aliphatic heterocycles. The summed E-state index contributed by atoms with van der Waals surface area (Å²) in [5.41, 5.74) is 2.42. The van der Waals surface area contributed by atoms with E-state index in [1.807, 2.05) is 12.3 Å². The molecule has 0 spiro atoms. The molecule has 4 heteroatoms. The molecule has 0 saturated carbocycles. The lowest BCUT2D eigenvalue weighted by atomic mass is 10.0. The van der Waals surface area contributed by atoms with Crippen LogP contribution in [0, 0.1) is 0 Å². The highest BCUT2D eigenvalue weighted by Crippen LogP contribution is 2.22. The predicted molar refractivity (Wildman–Crippen MR) is 90.3 cm³/mol. The quantitative estimate of drug-likeness (QED) is 0.778. The van der Waals surface area contributed by atoms with Crippen molar-refractivity contribution in [2.45, 2.75) is 24.3 Å². The maximum Gasteiger partial charge on any atom is 0.0423 e. The number of hydrogen-bond donors (Lipinski definition) is 1. The molecule has 1 aromatic heterocycles. The first-order valence-corrected chi connectivity index (χ1v) is 8.72. The second kappa shape index (κ2) is 7.81. The van der Waals surface area contributed by atoms with Crippen molar-refractivity contribution < 1.29 is 0 Å². The SMILES string of the molecule is CCNC(Cc1ccc(Br)cn1)c1ccc(SC)cc1. The van der Waals surface area contributed by atoms with E-state index in [0.717, 1.165) is 23.1 Å². The molecule has 0 fully saturated rings. The van der Waals surface area contributed by atoms with Gasteiger partial charge in [0, 0.05) is 33.7 Å². The summed E-state index contributed by atoms with van der Waals surface area (Å²) in [6, 6.07) is 13.2. The molecule has 2 rings (SSSR count). The third-order valence-electron chi connectivity index (χ3n) is 3.17. The van der Waals surface area contributed by atoms with Crippen LogP contribution in [0.3, 0.4) is 0 Å². The van der Waals surface area contributed by atoms with E-state index in [2.05, 4.69) is 69.7 Å². The van der Waals surface area contributed by atoms with E-state index in [0.29, 0.717) is 6.04 Å². The maximum atomic E-state index is 4.47. The predicted octanol–water partition coefficient (Wildman–Crippen LogP) is 4.46. The number of halogens is 1. The third-order valence-corrected chi connectivity index (χ3v) is 4.38. The van der Waals surface area contributed by atoms with Crippen LogP contribution in [-0.4, -0.2) is 17.8 Å². The van der Waals surface area contributed by atoms with Crippen molar-refractivity contribution >= 4 is 27.7 Å². The number of rotatable bonds is 6. The first-order chi connectivity index (χ1) is 9.72. The van der Waals surface area contributed by atoms with Crippen LogP contribution < -0.4 is 5.32 Å². The highest BCUT2D eigenvalue weighted by molar-refractivity contribution is 9.10. The van der Waals surface area contributed by atoms with Crippen LogP contribution in [0.5, 0.6) is 0 Å². The second-order valence-corrected chi connectivity index (χ2v) is 6.35. The standard InChI is InChI=1S/C16H19BrN2S/c1-3-18-16(10-14-7-6-13(17)11-19-14)12-4-8-15(20-2)9-5-12/h4-9,11,16,18H,3,10H2,1-2H3.